The molecule has 2 rings (SSSR count). The Bertz CT molecular complexity index is 677. The van der Waals surface area contributed by atoms with Crippen molar-refractivity contribution in [3.05, 3.63) is 27.9 Å². The number of rotatable bonds is 4. The van der Waals surface area contributed by atoms with E-state index in [1.165, 1.54) is 6.92 Å². The number of nitro groups is 1. The Kier molecular flexibility index (Phi) is 4.40. The van der Waals surface area contributed by atoms with E-state index < -0.39 is 22.5 Å². The van der Waals surface area contributed by atoms with Crippen molar-refractivity contribution in [2.75, 3.05) is 11.4 Å². The van der Waals surface area contributed by atoms with Crippen molar-refractivity contribution in [3.8, 4) is 0 Å². The summed E-state index contributed by atoms with van der Waals surface area (Å²) in [7, 11) is 0. The Balaban J connectivity index is 2.36. The molecule has 10 heteroatoms. The maximum absolute atomic E-state index is 12.0. The molecule has 1 amide bonds. The van der Waals surface area contributed by atoms with Gasteiger partial charge in [-0.3, -0.25) is 24.6 Å². The first-order chi connectivity index (χ1) is 10.3. The average molecular weight is 325 g/mol. The molecule has 0 spiro atoms. The average Bonchev–Trinajstić information content (AvgIpc) is 2.77. The number of aromatic carboxylic acids is 1. The lowest BCUT2D eigenvalue weighted by Gasteiger charge is -2.15. The lowest BCUT2D eigenvalue weighted by Crippen LogP contribution is -2.27. The van der Waals surface area contributed by atoms with Crippen LogP contribution in [-0.2, 0) is 9.59 Å². The van der Waals surface area contributed by atoms with E-state index in [1.54, 1.807) is 0 Å². The van der Waals surface area contributed by atoms with Gasteiger partial charge in [0.2, 0.25) is 11.7 Å². The number of amides is 1. The molecule has 116 valence electrons. The van der Waals surface area contributed by atoms with Crippen molar-refractivity contribution >= 4 is 40.3 Å². The molecule has 1 N–H and O–H groups in total. The van der Waals surface area contributed by atoms with Crippen molar-refractivity contribution in [1.82, 2.24) is 4.98 Å². The molecule has 2 heterocycles. The third-order valence-corrected chi connectivity index (χ3v) is 3.95. The lowest BCUT2D eigenvalue weighted by molar-refractivity contribution is -0.384. The second-order valence-corrected chi connectivity index (χ2v) is 6.05. The topological polar surface area (TPSA) is 131 Å². The minimum atomic E-state index is -1.35. The normalized spacial score (nSPS) is 17.6. The number of anilines is 1. The van der Waals surface area contributed by atoms with E-state index in [1.807, 2.05) is 0 Å². The third-order valence-electron chi connectivity index (χ3n) is 2.97. The highest BCUT2D eigenvalue weighted by atomic mass is 32.2. The Labute approximate surface area is 128 Å². The molecule has 0 aliphatic carbocycles. The molecule has 1 aliphatic rings. The van der Waals surface area contributed by atoms with Gasteiger partial charge in [-0.25, -0.2) is 9.78 Å². The number of thioether (sulfide) groups is 1. The second-order valence-electron chi connectivity index (χ2n) is 4.57. The molecule has 1 saturated heterocycles. The first-order valence-electron chi connectivity index (χ1n) is 6.15. The van der Waals surface area contributed by atoms with E-state index in [0.29, 0.717) is 0 Å². The molecular formula is C12H11N3O6S. The number of nitrogens with zero attached hydrogens (tertiary/aromatic N) is 3. The van der Waals surface area contributed by atoms with Crippen molar-refractivity contribution in [3.63, 3.8) is 0 Å². The van der Waals surface area contributed by atoms with Crippen LogP contribution in [-0.4, -0.2) is 43.8 Å². The van der Waals surface area contributed by atoms with Crippen molar-refractivity contribution in [1.29, 1.82) is 0 Å². The van der Waals surface area contributed by atoms with Gasteiger partial charge in [-0.1, -0.05) is 11.8 Å². The number of carbonyl (C=O) groups excluding carboxylic acids is 2. The van der Waals surface area contributed by atoms with Gasteiger partial charge < -0.3 is 5.11 Å². The zero-order chi connectivity index (χ0) is 16.4. The van der Waals surface area contributed by atoms with E-state index in [0.717, 1.165) is 28.9 Å². The number of carboxylic acid groups (broad SMARTS) is 1. The highest BCUT2D eigenvalue weighted by Crippen LogP contribution is 2.33. The van der Waals surface area contributed by atoms with E-state index in [2.05, 4.69) is 4.98 Å². The molecule has 0 aromatic carbocycles. The van der Waals surface area contributed by atoms with Crippen LogP contribution >= 0.6 is 11.8 Å². The van der Waals surface area contributed by atoms with Crippen LogP contribution in [0.25, 0.3) is 0 Å². The summed E-state index contributed by atoms with van der Waals surface area (Å²) in [5.74, 6) is -1.94. The quantitative estimate of drug-likeness (QED) is 0.642. The van der Waals surface area contributed by atoms with Gasteiger partial charge in [0.25, 0.3) is 0 Å². The molecule has 0 saturated carbocycles. The minimum Gasteiger partial charge on any atom is -0.478 e. The van der Waals surface area contributed by atoms with Gasteiger partial charge in [-0.15, -0.1) is 0 Å². The molecule has 0 radical (unpaired) electrons. The molecule has 1 atom stereocenters. The van der Waals surface area contributed by atoms with Gasteiger partial charge in [-0.05, 0) is 0 Å². The fraction of sp³-hybridized carbons (Fsp3) is 0.333. The molecular weight excluding hydrogens is 314 g/mol. The zero-order valence-corrected chi connectivity index (χ0v) is 12.2. The molecule has 0 bridgehead atoms. The van der Waals surface area contributed by atoms with Crippen LogP contribution in [0.15, 0.2) is 12.3 Å². The summed E-state index contributed by atoms with van der Waals surface area (Å²) in [6.07, 6.45) is 1.03. The predicted octanol–water partition coefficient (Wildman–Crippen LogP) is 1.07. The molecule has 1 unspecified atom stereocenters. The lowest BCUT2D eigenvalue weighted by atomic mass is 10.2. The summed E-state index contributed by atoms with van der Waals surface area (Å²) in [5, 5.41) is 19.5. The fourth-order valence-corrected chi connectivity index (χ4v) is 3.02. The second kappa shape index (κ2) is 6.10. The van der Waals surface area contributed by atoms with Gasteiger partial charge in [0.15, 0.2) is 5.12 Å². The third kappa shape index (κ3) is 3.22. The van der Waals surface area contributed by atoms with Gasteiger partial charge in [0.1, 0.15) is 0 Å². The molecule has 1 aromatic heterocycles. The summed E-state index contributed by atoms with van der Waals surface area (Å²) >= 11 is 0.993. The summed E-state index contributed by atoms with van der Waals surface area (Å²) < 4.78 is 0. The van der Waals surface area contributed by atoms with Crippen molar-refractivity contribution in [2.45, 2.75) is 18.6 Å². The number of carbonyl (C=O) groups is 3. The highest BCUT2D eigenvalue weighted by molar-refractivity contribution is 8.14. The van der Waals surface area contributed by atoms with Crippen molar-refractivity contribution < 1.29 is 24.4 Å². The monoisotopic (exact) mass is 325 g/mol. The first-order valence-corrected chi connectivity index (χ1v) is 7.03. The Morgan fingerprint density at radius 2 is 2.23 bits per heavy atom. The minimum absolute atomic E-state index is 0.0732. The fourth-order valence-electron chi connectivity index (χ4n) is 2.10. The maximum atomic E-state index is 12.0. The van der Waals surface area contributed by atoms with Gasteiger partial charge in [0.05, 0.1) is 10.5 Å². The van der Waals surface area contributed by atoms with Crippen LogP contribution < -0.4 is 4.90 Å². The summed E-state index contributed by atoms with van der Waals surface area (Å²) in [4.78, 5) is 49.1. The van der Waals surface area contributed by atoms with E-state index in [9.17, 15) is 24.5 Å². The number of hydrogen-bond acceptors (Lipinski definition) is 7. The van der Waals surface area contributed by atoms with Crippen LogP contribution in [0.1, 0.15) is 23.7 Å². The number of carboxylic acids is 1. The van der Waals surface area contributed by atoms with Crippen LogP contribution in [0, 0.1) is 10.1 Å². The van der Waals surface area contributed by atoms with Crippen LogP contribution in [0.3, 0.4) is 0 Å². The SMILES string of the molecule is CC(=O)SC1CC(=O)N(c2ncc(C(=O)O)cc2[N+](=O)[O-])C1. The standard InChI is InChI=1S/C12H11N3O6S/c1-6(16)22-8-3-10(17)14(5-8)11-9(15(20)21)2-7(4-13-11)12(18)19/h2,4,8H,3,5H2,1H3,(H,18,19). The van der Waals surface area contributed by atoms with Crippen LogP contribution in [0.2, 0.25) is 0 Å². The summed E-state index contributed by atoms with van der Waals surface area (Å²) in [6, 6.07) is 0.864. The Hall–Kier alpha value is -2.49. The van der Waals surface area contributed by atoms with Crippen LogP contribution in [0.4, 0.5) is 11.5 Å². The largest absolute Gasteiger partial charge is 0.478 e. The molecule has 9 nitrogen and oxygen atoms in total. The zero-order valence-electron chi connectivity index (χ0n) is 11.4. The highest BCUT2D eigenvalue weighted by Gasteiger charge is 2.36. The smallest absolute Gasteiger partial charge is 0.337 e. The first kappa shape index (κ1) is 15.9. The number of hydrogen-bond donors (Lipinski definition) is 1. The molecule has 1 aliphatic heterocycles. The molecule has 1 fully saturated rings. The van der Waals surface area contributed by atoms with Gasteiger partial charge in [-0.2, -0.15) is 0 Å². The Morgan fingerprint density at radius 3 is 2.77 bits per heavy atom. The van der Waals surface area contributed by atoms with E-state index in [4.69, 9.17) is 5.11 Å². The van der Waals surface area contributed by atoms with Crippen molar-refractivity contribution in [2.24, 2.45) is 0 Å². The number of pyridine rings is 1. The van der Waals surface area contributed by atoms with Crippen LogP contribution in [0.5, 0.6) is 0 Å². The maximum Gasteiger partial charge on any atom is 0.337 e. The summed E-state index contributed by atoms with van der Waals surface area (Å²) in [5.41, 5.74) is -0.890. The summed E-state index contributed by atoms with van der Waals surface area (Å²) in [6.45, 7) is 1.49. The van der Waals surface area contributed by atoms with Gasteiger partial charge in [0, 0.05) is 37.4 Å². The van der Waals surface area contributed by atoms with Gasteiger partial charge >= 0.3 is 11.7 Å². The van der Waals surface area contributed by atoms with E-state index in [-0.39, 0.29) is 34.7 Å². The number of aromatic nitrogens is 1. The molecule has 22 heavy (non-hydrogen) atoms. The molecule has 1 aromatic rings. The Morgan fingerprint density at radius 1 is 1.55 bits per heavy atom. The van der Waals surface area contributed by atoms with E-state index >= 15 is 0 Å². The predicted molar refractivity (Wildman–Crippen MR) is 76.9 cm³/mol.